The Kier molecular flexibility index (Phi) is 6.85. The fourth-order valence-corrected chi connectivity index (χ4v) is 4.03. The van der Waals surface area contributed by atoms with Gasteiger partial charge in [-0.15, -0.1) is 0 Å². The van der Waals surface area contributed by atoms with Crippen molar-refractivity contribution in [2.75, 3.05) is 19.7 Å². The third-order valence-corrected chi connectivity index (χ3v) is 5.22. The molecular formula is C23H30N2O4. The molecule has 1 aliphatic rings. The van der Waals surface area contributed by atoms with Crippen LogP contribution in [0.15, 0.2) is 24.3 Å². The van der Waals surface area contributed by atoms with Crippen LogP contribution in [0.3, 0.4) is 0 Å². The maximum Gasteiger partial charge on any atom is 0.339 e. The molecule has 2 atom stereocenters. The molecule has 1 amide bonds. The van der Waals surface area contributed by atoms with Gasteiger partial charge in [-0.3, -0.25) is 9.78 Å². The van der Waals surface area contributed by atoms with Crippen molar-refractivity contribution in [2.24, 2.45) is 0 Å². The third kappa shape index (κ3) is 4.75. The first-order valence-corrected chi connectivity index (χ1v) is 10.4. The smallest absolute Gasteiger partial charge is 0.339 e. The van der Waals surface area contributed by atoms with E-state index in [0.29, 0.717) is 25.1 Å². The average molecular weight is 399 g/mol. The van der Waals surface area contributed by atoms with Crippen molar-refractivity contribution >= 4 is 22.8 Å². The average Bonchev–Trinajstić information content (AvgIpc) is 2.70. The summed E-state index contributed by atoms with van der Waals surface area (Å²) in [6.45, 7) is 8.75. The lowest BCUT2D eigenvalue weighted by molar-refractivity contribution is -0.146. The molecule has 156 valence electrons. The monoisotopic (exact) mass is 398 g/mol. The quantitative estimate of drug-likeness (QED) is 0.696. The zero-order chi connectivity index (χ0) is 21.0. The summed E-state index contributed by atoms with van der Waals surface area (Å²) in [7, 11) is 0. The predicted octanol–water partition coefficient (Wildman–Crippen LogP) is 3.54. The van der Waals surface area contributed by atoms with E-state index in [1.807, 2.05) is 45.0 Å². The predicted molar refractivity (Wildman–Crippen MR) is 112 cm³/mol. The van der Waals surface area contributed by atoms with Crippen molar-refractivity contribution in [3.8, 4) is 0 Å². The first kappa shape index (κ1) is 21.2. The minimum absolute atomic E-state index is 0.0224. The lowest BCUT2D eigenvalue weighted by Crippen LogP contribution is -2.49. The second-order valence-corrected chi connectivity index (χ2v) is 7.66. The number of nitrogens with zero attached hydrogens (tertiary/aromatic N) is 2. The van der Waals surface area contributed by atoms with Crippen molar-refractivity contribution in [3.05, 3.63) is 41.1 Å². The zero-order valence-electron chi connectivity index (χ0n) is 17.7. The van der Waals surface area contributed by atoms with Crippen LogP contribution in [0.25, 0.3) is 10.9 Å². The number of hydrogen-bond donors (Lipinski definition) is 0. The highest BCUT2D eigenvalue weighted by Gasteiger charge is 2.27. The molecule has 6 nitrogen and oxygen atoms in total. The molecule has 0 bridgehead atoms. The first-order valence-electron chi connectivity index (χ1n) is 10.4. The Bertz CT molecular complexity index is 886. The number of para-hydroxylation sites is 1. The summed E-state index contributed by atoms with van der Waals surface area (Å²) >= 11 is 0. The van der Waals surface area contributed by atoms with Crippen LogP contribution in [-0.4, -0.2) is 53.7 Å². The van der Waals surface area contributed by atoms with Gasteiger partial charge in [0.05, 0.1) is 23.3 Å². The summed E-state index contributed by atoms with van der Waals surface area (Å²) in [5, 5.41) is 0.773. The number of benzene rings is 1. The summed E-state index contributed by atoms with van der Waals surface area (Å²) in [5.74, 6) is -0.647. The number of hydrogen-bond acceptors (Lipinski definition) is 5. The normalized spacial score (nSPS) is 19.4. The molecular weight excluding hydrogens is 368 g/mol. The van der Waals surface area contributed by atoms with Crippen molar-refractivity contribution in [1.82, 2.24) is 9.88 Å². The number of aryl methyl sites for hydroxylation is 1. The second-order valence-electron chi connectivity index (χ2n) is 7.66. The summed E-state index contributed by atoms with van der Waals surface area (Å²) in [6.07, 6.45) is 2.39. The number of fused-ring (bicyclic) bond motifs is 1. The number of rotatable bonds is 6. The Hall–Kier alpha value is -2.47. The molecule has 1 fully saturated rings. The fourth-order valence-electron chi connectivity index (χ4n) is 4.03. The summed E-state index contributed by atoms with van der Waals surface area (Å²) in [6, 6.07) is 7.60. The molecule has 0 spiro atoms. The number of pyridine rings is 1. The van der Waals surface area contributed by atoms with Gasteiger partial charge in [-0.25, -0.2) is 4.79 Å². The van der Waals surface area contributed by atoms with Crippen LogP contribution >= 0.6 is 0 Å². The molecule has 0 aliphatic carbocycles. The Labute approximate surface area is 172 Å². The molecule has 1 aromatic heterocycles. The summed E-state index contributed by atoms with van der Waals surface area (Å²) < 4.78 is 11.2. The number of ether oxygens (including phenoxy) is 2. The molecule has 2 heterocycles. The van der Waals surface area contributed by atoms with E-state index in [1.165, 1.54) is 0 Å². The standard InChI is InChI=1S/C23H30N2O4/c1-5-9-19-17(6-2)22(18-10-7-8-11-20(18)24-19)23(27)28-14-21(26)25-12-15(3)29-16(4)13-25/h7-8,10-11,15-16H,5-6,9,12-14H2,1-4H3/t15-,16+. The number of morpholine rings is 1. The molecule has 1 saturated heterocycles. The Morgan fingerprint density at radius 3 is 2.52 bits per heavy atom. The fraction of sp³-hybridized carbons (Fsp3) is 0.522. The molecule has 0 radical (unpaired) electrons. The molecule has 0 saturated carbocycles. The van der Waals surface area contributed by atoms with E-state index in [0.717, 1.165) is 35.0 Å². The van der Waals surface area contributed by atoms with Crippen molar-refractivity contribution in [3.63, 3.8) is 0 Å². The summed E-state index contributed by atoms with van der Waals surface area (Å²) in [4.78, 5) is 32.1. The van der Waals surface area contributed by atoms with E-state index in [4.69, 9.17) is 14.5 Å². The number of carbonyl (C=O) groups is 2. The van der Waals surface area contributed by atoms with Gasteiger partial charge in [0.15, 0.2) is 6.61 Å². The minimum atomic E-state index is -0.458. The molecule has 2 aromatic rings. The van der Waals surface area contributed by atoms with E-state index >= 15 is 0 Å². The van der Waals surface area contributed by atoms with Crippen LogP contribution in [-0.2, 0) is 27.1 Å². The highest BCUT2D eigenvalue weighted by molar-refractivity contribution is 6.05. The highest BCUT2D eigenvalue weighted by Crippen LogP contribution is 2.26. The van der Waals surface area contributed by atoms with Crippen LogP contribution in [0, 0.1) is 0 Å². The minimum Gasteiger partial charge on any atom is -0.452 e. The zero-order valence-corrected chi connectivity index (χ0v) is 17.7. The molecule has 1 aromatic carbocycles. The lowest BCUT2D eigenvalue weighted by atomic mass is 9.96. The van der Waals surface area contributed by atoms with E-state index in [-0.39, 0.29) is 24.7 Å². The van der Waals surface area contributed by atoms with Gasteiger partial charge in [0.1, 0.15) is 0 Å². The topological polar surface area (TPSA) is 68.7 Å². The first-order chi connectivity index (χ1) is 13.9. The Morgan fingerprint density at radius 1 is 1.17 bits per heavy atom. The lowest BCUT2D eigenvalue weighted by Gasteiger charge is -2.35. The van der Waals surface area contributed by atoms with Gasteiger partial charge in [-0.1, -0.05) is 38.5 Å². The van der Waals surface area contributed by atoms with Crippen molar-refractivity contribution in [1.29, 1.82) is 0 Å². The van der Waals surface area contributed by atoms with Crippen LogP contribution in [0.5, 0.6) is 0 Å². The van der Waals surface area contributed by atoms with E-state index in [9.17, 15) is 9.59 Å². The van der Waals surface area contributed by atoms with Crippen LogP contribution in [0.1, 0.15) is 55.7 Å². The van der Waals surface area contributed by atoms with Gasteiger partial charge >= 0.3 is 5.97 Å². The number of carbonyl (C=O) groups excluding carboxylic acids is 2. The van der Waals surface area contributed by atoms with Crippen molar-refractivity contribution in [2.45, 2.75) is 59.2 Å². The molecule has 29 heavy (non-hydrogen) atoms. The molecule has 3 rings (SSSR count). The van der Waals surface area contributed by atoms with Gasteiger partial charge in [0, 0.05) is 24.2 Å². The molecule has 6 heteroatoms. The van der Waals surface area contributed by atoms with Crippen LogP contribution < -0.4 is 0 Å². The van der Waals surface area contributed by atoms with E-state index in [2.05, 4.69) is 6.92 Å². The maximum atomic E-state index is 13.1. The Morgan fingerprint density at radius 2 is 1.86 bits per heavy atom. The van der Waals surface area contributed by atoms with Gasteiger partial charge in [0.25, 0.3) is 5.91 Å². The second kappa shape index (κ2) is 9.35. The Balaban J connectivity index is 1.84. The SMILES string of the molecule is CCCc1nc2ccccc2c(C(=O)OCC(=O)N2C[C@@H](C)O[C@@H](C)C2)c1CC. The van der Waals surface area contributed by atoms with Gasteiger partial charge in [-0.2, -0.15) is 0 Å². The number of amides is 1. The molecule has 0 N–H and O–H groups in total. The van der Waals surface area contributed by atoms with E-state index in [1.54, 1.807) is 4.90 Å². The molecule has 1 aliphatic heterocycles. The largest absolute Gasteiger partial charge is 0.452 e. The number of aromatic nitrogens is 1. The van der Waals surface area contributed by atoms with Crippen LogP contribution in [0.4, 0.5) is 0 Å². The van der Waals surface area contributed by atoms with Crippen LogP contribution in [0.2, 0.25) is 0 Å². The van der Waals surface area contributed by atoms with Gasteiger partial charge < -0.3 is 14.4 Å². The number of esters is 1. The third-order valence-electron chi connectivity index (χ3n) is 5.22. The van der Waals surface area contributed by atoms with Crippen molar-refractivity contribution < 1.29 is 19.1 Å². The van der Waals surface area contributed by atoms with Gasteiger partial charge in [-0.05, 0) is 38.3 Å². The maximum absolute atomic E-state index is 13.1. The highest BCUT2D eigenvalue weighted by atomic mass is 16.5. The van der Waals surface area contributed by atoms with Gasteiger partial charge in [0.2, 0.25) is 0 Å². The summed E-state index contributed by atoms with van der Waals surface area (Å²) in [5.41, 5.74) is 3.17. The van der Waals surface area contributed by atoms with E-state index < -0.39 is 5.97 Å². The molecule has 0 unspecified atom stereocenters.